The molecule has 1 saturated heterocycles. The van der Waals surface area contributed by atoms with E-state index in [1.54, 1.807) is 0 Å². The minimum absolute atomic E-state index is 0.556. The van der Waals surface area contributed by atoms with Gasteiger partial charge < -0.3 is 9.73 Å². The smallest absolute Gasteiger partial charge is 0.208 e. The van der Waals surface area contributed by atoms with Gasteiger partial charge in [0.05, 0.1) is 12.2 Å². The molecular formula is C17H31N3O. The van der Waals surface area contributed by atoms with Crippen LogP contribution in [0.5, 0.6) is 0 Å². The van der Waals surface area contributed by atoms with Crippen LogP contribution < -0.4 is 5.32 Å². The molecule has 2 unspecified atom stereocenters. The second-order valence-electron chi connectivity index (χ2n) is 7.22. The average molecular weight is 293 g/mol. The summed E-state index contributed by atoms with van der Waals surface area (Å²) in [6, 6.07) is 1.14. The van der Waals surface area contributed by atoms with Crippen molar-refractivity contribution in [2.24, 2.45) is 11.8 Å². The first-order chi connectivity index (χ1) is 9.86. The Morgan fingerprint density at radius 1 is 1.29 bits per heavy atom. The molecule has 4 nitrogen and oxygen atoms in total. The van der Waals surface area contributed by atoms with Crippen LogP contribution in [0.2, 0.25) is 0 Å². The van der Waals surface area contributed by atoms with E-state index in [9.17, 15) is 0 Å². The van der Waals surface area contributed by atoms with Crippen LogP contribution in [-0.4, -0.2) is 35.1 Å². The van der Waals surface area contributed by atoms with E-state index in [4.69, 9.17) is 4.42 Å². The highest BCUT2D eigenvalue weighted by Crippen LogP contribution is 2.21. The van der Waals surface area contributed by atoms with E-state index in [1.807, 2.05) is 13.8 Å². The zero-order chi connectivity index (χ0) is 15.6. The second-order valence-corrected chi connectivity index (χ2v) is 7.22. The molecule has 0 aromatic carbocycles. The zero-order valence-corrected chi connectivity index (χ0v) is 14.4. The highest BCUT2D eigenvalue weighted by atomic mass is 16.4. The van der Waals surface area contributed by atoms with Crippen molar-refractivity contribution in [1.82, 2.24) is 15.2 Å². The second kappa shape index (κ2) is 6.93. The van der Waals surface area contributed by atoms with Gasteiger partial charge in [0, 0.05) is 25.2 Å². The third kappa shape index (κ3) is 4.30. The predicted octanol–water partition coefficient (Wildman–Crippen LogP) is 3.14. The lowest BCUT2D eigenvalue weighted by Crippen LogP contribution is -2.58. The first-order valence-corrected chi connectivity index (χ1v) is 8.27. The normalized spacial score (nSPS) is 24.2. The summed E-state index contributed by atoms with van der Waals surface area (Å²) >= 11 is 0. The Hall–Kier alpha value is -0.870. The van der Waals surface area contributed by atoms with Gasteiger partial charge in [0.25, 0.3) is 0 Å². The van der Waals surface area contributed by atoms with Crippen LogP contribution in [0, 0.1) is 25.7 Å². The van der Waals surface area contributed by atoms with Gasteiger partial charge in [0.15, 0.2) is 0 Å². The summed E-state index contributed by atoms with van der Waals surface area (Å²) < 4.78 is 5.79. The molecule has 0 radical (unpaired) electrons. The van der Waals surface area contributed by atoms with Crippen LogP contribution in [0.25, 0.3) is 0 Å². The lowest BCUT2D eigenvalue weighted by molar-refractivity contribution is 0.0767. The predicted molar refractivity (Wildman–Crippen MR) is 86.3 cm³/mol. The summed E-state index contributed by atoms with van der Waals surface area (Å²) in [5.41, 5.74) is 1.01. The van der Waals surface area contributed by atoms with E-state index >= 15 is 0 Å². The molecule has 2 atom stereocenters. The molecule has 0 bridgehead atoms. The third-order valence-electron chi connectivity index (χ3n) is 4.48. The molecule has 1 fully saturated rings. The minimum Gasteiger partial charge on any atom is -0.444 e. The Morgan fingerprint density at radius 3 is 2.52 bits per heavy atom. The quantitative estimate of drug-likeness (QED) is 0.905. The fourth-order valence-corrected chi connectivity index (χ4v) is 3.25. The molecule has 1 aliphatic heterocycles. The molecule has 2 heterocycles. The summed E-state index contributed by atoms with van der Waals surface area (Å²) in [6.45, 7) is 16.2. The molecule has 1 aromatic heterocycles. The Kier molecular flexibility index (Phi) is 5.44. The summed E-state index contributed by atoms with van der Waals surface area (Å²) in [6.07, 6.45) is 1.23. The maximum Gasteiger partial charge on any atom is 0.208 e. The highest BCUT2D eigenvalue weighted by molar-refractivity contribution is 5.05. The summed E-state index contributed by atoms with van der Waals surface area (Å²) in [5, 5.41) is 3.72. The lowest BCUT2D eigenvalue weighted by atomic mass is 9.95. The average Bonchev–Trinajstić information content (AvgIpc) is 2.67. The number of hydrogen-bond acceptors (Lipinski definition) is 4. The van der Waals surface area contributed by atoms with E-state index < -0.39 is 0 Å². The summed E-state index contributed by atoms with van der Waals surface area (Å²) in [7, 11) is 0. The molecule has 0 spiro atoms. The number of rotatable bonds is 5. The molecule has 2 rings (SSSR count). The van der Waals surface area contributed by atoms with Gasteiger partial charge in [-0.15, -0.1) is 0 Å². The van der Waals surface area contributed by atoms with E-state index in [-0.39, 0.29) is 0 Å². The minimum atomic E-state index is 0.556. The number of nitrogens with zero attached hydrogens (tertiary/aromatic N) is 2. The van der Waals surface area contributed by atoms with Gasteiger partial charge in [-0.3, -0.25) is 4.90 Å². The van der Waals surface area contributed by atoms with E-state index in [0.29, 0.717) is 18.0 Å². The van der Waals surface area contributed by atoms with Gasteiger partial charge in [-0.1, -0.05) is 27.7 Å². The van der Waals surface area contributed by atoms with Crippen LogP contribution in [0.1, 0.15) is 51.5 Å². The maximum atomic E-state index is 5.79. The van der Waals surface area contributed by atoms with E-state index in [0.717, 1.165) is 42.9 Å². The van der Waals surface area contributed by atoms with Crippen molar-refractivity contribution >= 4 is 0 Å². The number of aromatic nitrogens is 1. The number of oxazole rings is 1. The Morgan fingerprint density at radius 2 is 2.00 bits per heavy atom. The molecule has 1 aliphatic rings. The van der Waals surface area contributed by atoms with Crippen LogP contribution >= 0.6 is 0 Å². The molecule has 21 heavy (non-hydrogen) atoms. The largest absolute Gasteiger partial charge is 0.444 e. The van der Waals surface area contributed by atoms with Gasteiger partial charge in [-0.2, -0.15) is 0 Å². The van der Waals surface area contributed by atoms with Gasteiger partial charge >= 0.3 is 0 Å². The summed E-state index contributed by atoms with van der Waals surface area (Å²) in [5.74, 6) is 3.17. The molecule has 4 heteroatoms. The molecule has 1 aromatic rings. The van der Waals surface area contributed by atoms with Crippen molar-refractivity contribution < 1.29 is 4.42 Å². The fourth-order valence-electron chi connectivity index (χ4n) is 3.25. The maximum absolute atomic E-state index is 5.79. The fraction of sp³-hybridized carbons (Fsp3) is 0.824. The van der Waals surface area contributed by atoms with E-state index in [1.165, 1.54) is 6.42 Å². The van der Waals surface area contributed by atoms with Gasteiger partial charge in [-0.05, 0) is 32.1 Å². The Labute approximate surface area is 129 Å². The number of aryl methyl sites for hydroxylation is 2. The van der Waals surface area contributed by atoms with Crippen molar-refractivity contribution in [2.75, 3.05) is 13.1 Å². The van der Waals surface area contributed by atoms with Crippen molar-refractivity contribution in [3.63, 3.8) is 0 Å². The van der Waals surface area contributed by atoms with Crippen LogP contribution in [-0.2, 0) is 6.54 Å². The van der Waals surface area contributed by atoms with Crippen molar-refractivity contribution in [3.05, 3.63) is 17.3 Å². The SMILES string of the molecule is Cc1nc(CN2CC(CC(C)C)NCC2C(C)C)oc1C. The van der Waals surface area contributed by atoms with Crippen molar-refractivity contribution in [2.45, 2.75) is 66.6 Å². The number of hydrogen-bond donors (Lipinski definition) is 1. The number of nitrogens with one attached hydrogen (secondary N) is 1. The zero-order valence-electron chi connectivity index (χ0n) is 14.4. The highest BCUT2D eigenvalue weighted by Gasteiger charge is 2.31. The van der Waals surface area contributed by atoms with Crippen molar-refractivity contribution in [1.29, 1.82) is 0 Å². The Bertz CT molecular complexity index is 433. The van der Waals surface area contributed by atoms with E-state index in [2.05, 4.69) is 42.9 Å². The molecule has 0 saturated carbocycles. The standard InChI is InChI=1S/C17H31N3O/c1-11(2)7-15-9-20(16(8-18-15)12(3)4)10-17-19-13(5)14(6)21-17/h11-12,15-16,18H,7-10H2,1-6H3. The first-order valence-electron chi connectivity index (χ1n) is 8.27. The first kappa shape index (κ1) is 16.5. The third-order valence-corrected chi connectivity index (χ3v) is 4.48. The molecular weight excluding hydrogens is 262 g/mol. The number of piperazine rings is 1. The Balaban J connectivity index is 2.06. The van der Waals surface area contributed by atoms with Crippen LogP contribution in [0.3, 0.4) is 0 Å². The topological polar surface area (TPSA) is 41.3 Å². The van der Waals surface area contributed by atoms with Gasteiger partial charge in [0.2, 0.25) is 5.89 Å². The van der Waals surface area contributed by atoms with Crippen LogP contribution in [0.4, 0.5) is 0 Å². The van der Waals surface area contributed by atoms with Crippen molar-refractivity contribution in [3.8, 4) is 0 Å². The molecule has 0 aliphatic carbocycles. The van der Waals surface area contributed by atoms with Gasteiger partial charge in [0.1, 0.15) is 5.76 Å². The lowest BCUT2D eigenvalue weighted by Gasteiger charge is -2.42. The molecule has 120 valence electrons. The van der Waals surface area contributed by atoms with Gasteiger partial charge in [-0.25, -0.2) is 4.98 Å². The monoisotopic (exact) mass is 293 g/mol. The van der Waals surface area contributed by atoms with Crippen LogP contribution in [0.15, 0.2) is 4.42 Å². The summed E-state index contributed by atoms with van der Waals surface area (Å²) in [4.78, 5) is 7.11. The molecule has 1 N–H and O–H groups in total. The molecule has 0 amide bonds.